The van der Waals surface area contributed by atoms with Gasteiger partial charge in [0.05, 0.1) is 12.8 Å². The molecule has 100 valence electrons. The molecular formula is C13H12BrFN2O2. The summed E-state index contributed by atoms with van der Waals surface area (Å²) in [7, 11) is 1.49. The van der Waals surface area contributed by atoms with Crippen LogP contribution in [-0.2, 0) is 6.42 Å². The van der Waals surface area contributed by atoms with Crippen molar-refractivity contribution in [2.45, 2.75) is 12.5 Å². The number of ether oxygens (including phenoxy) is 1. The average Bonchev–Trinajstić information content (AvgIpc) is 2.37. The molecular weight excluding hydrogens is 315 g/mol. The molecule has 1 atom stereocenters. The lowest BCUT2D eigenvalue weighted by atomic mass is 10.1. The molecule has 4 nitrogen and oxygen atoms in total. The Balaban J connectivity index is 2.17. The van der Waals surface area contributed by atoms with Gasteiger partial charge in [-0.05, 0) is 23.8 Å². The molecule has 1 heterocycles. The molecule has 0 aliphatic heterocycles. The topological polar surface area (TPSA) is 55.2 Å². The van der Waals surface area contributed by atoms with Crippen molar-refractivity contribution in [3.63, 3.8) is 0 Å². The van der Waals surface area contributed by atoms with E-state index in [0.29, 0.717) is 21.6 Å². The number of benzene rings is 1. The molecule has 0 saturated carbocycles. The maximum absolute atomic E-state index is 13.2. The highest BCUT2D eigenvalue weighted by molar-refractivity contribution is 9.10. The van der Waals surface area contributed by atoms with E-state index < -0.39 is 6.10 Å². The van der Waals surface area contributed by atoms with E-state index >= 15 is 0 Å². The van der Waals surface area contributed by atoms with Crippen molar-refractivity contribution in [2.75, 3.05) is 7.11 Å². The summed E-state index contributed by atoms with van der Waals surface area (Å²) in [6, 6.07) is 6.06. The van der Waals surface area contributed by atoms with E-state index in [0.717, 1.165) is 0 Å². The number of rotatable bonds is 4. The lowest BCUT2D eigenvalue weighted by molar-refractivity contribution is 0.172. The largest absolute Gasteiger partial charge is 0.481 e. The molecule has 0 saturated heterocycles. The molecule has 2 aromatic rings. The molecule has 6 heteroatoms. The summed E-state index contributed by atoms with van der Waals surface area (Å²) in [5.74, 6) is 0.0290. The van der Waals surface area contributed by atoms with Crippen LogP contribution in [0.4, 0.5) is 4.39 Å². The minimum Gasteiger partial charge on any atom is -0.481 e. The van der Waals surface area contributed by atoms with E-state index in [2.05, 4.69) is 25.9 Å². The third-order valence-corrected chi connectivity index (χ3v) is 3.02. The van der Waals surface area contributed by atoms with Crippen LogP contribution in [0.2, 0.25) is 0 Å². The van der Waals surface area contributed by atoms with Crippen LogP contribution in [-0.4, -0.2) is 22.2 Å². The van der Waals surface area contributed by atoms with Crippen LogP contribution in [0.1, 0.15) is 17.4 Å². The summed E-state index contributed by atoms with van der Waals surface area (Å²) >= 11 is 3.21. The lowest BCUT2D eigenvalue weighted by Crippen LogP contribution is -2.05. The SMILES string of the molecule is COc1cc(C(O)Cc2cc(F)cc(Br)c2)ncn1. The zero-order valence-corrected chi connectivity index (χ0v) is 11.8. The fourth-order valence-electron chi connectivity index (χ4n) is 1.70. The van der Waals surface area contributed by atoms with Gasteiger partial charge in [-0.2, -0.15) is 0 Å². The maximum atomic E-state index is 13.2. The molecule has 1 N–H and O–H groups in total. The minimum atomic E-state index is -0.842. The Morgan fingerprint density at radius 2 is 2.11 bits per heavy atom. The normalized spacial score (nSPS) is 12.2. The van der Waals surface area contributed by atoms with Gasteiger partial charge in [0.2, 0.25) is 5.88 Å². The van der Waals surface area contributed by atoms with Gasteiger partial charge < -0.3 is 9.84 Å². The summed E-state index contributed by atoms with van der Waals surface area (Å²) < 4.78 is 18.8. The van der Waals surface area contributed by atoms with Crippen LogP contribution in [0, 0.1) is 5.82 Å². The summed E-state index contributed by atoms with van der Waals surface area (Å²) in [4.78, 5) is 7.85. The van der Waals surface area contributed by atoms with Crippen molar-refractivity contribution in [2.24, 2.45) is 0 Å². The first-order valence-corrected chi connectivity index (χ1v) is 6.37. The fourth-order valence-corrected chi connectivity index (χ4v) is 2.22. The first-order chi connectivity index (χ1) is 9.08. The highest BCUT2D eigenvalue weighted by Gasteiger charge is 2.12. The number of aliphatic hydroxyl groups excluding tert-OH is 1. The second-order valence-electron chi connectivity index (χ2n) is 3.98. The van der Waals surface area contributed by atoms with Crippen molar-refractivity contribution >= 4 is 15.9 Å². The zero-order chi connectivity index (χ0) is 13.8. The van der Waals surface area contributed by atoms with Gasteiger partial charge in [-0.25, -0.2) is 14.4 Å². The summed E-state index contributed by atoms with van der Waals surface area (Å²) in [6.45, 7) is 0. The summed E-state index contributed by atoms with van der Waals surface area (Å²) in [5.41, 5.74) is 1.11. The lowest BCUT2D eigenvalue weighted by Gasteiger charge is -2.11. The predicted octanol–water partition coefficient (Wildman–Crippen LogP) is 2.66. The third-order valence-electron chi connectivity index (χ3n) is 2.57. The van der Waals surface area contributed by atoms with Gasteiger partial charge in [0, 0.05) is 17.0 Å². The van der Waals surface area contributed by atoms with Crippen LogP contribution in [0.5, 0.6) is 5.88 Å². The highest BCUT2D eigenvalue weighted by atomic mass is 79.9. The maximum Gasteiger partial charge on any atom is 0.216 e. The van der Waals surface area contributed by atoms with Crippen molar-refractivity contribution in [3.8, 4) is 5.88 Å². The smallest absolute Gasteiger partial charge is 0.216 e. The number of hydrogen-bond acceptors (Lipinski definition) is 4. The zero-order valence-electron chi connectivity index (χ0n) is 10.2. The molecule has 1 aromatic heterocycles. The van der Waals surface area contributed by atoms with Gasteiger partial charge in [0.1, 0.15) is 18.2 Å². The van der Waals surface area contributed by atoms with E-state index in [-0.39, 0.29) is 12.2 Å². The Bertz CT molecular complexity index is 560. The number of methoxy groups -OCH3 is 1. The fraction of sp³-hybridized carbons (Fsp3) is 0.231. The van der Waals surface area contributed by atoms with Crippen molar-refractivity contribution < 1.29 is 14.2 Å². The number of aliphatic hydroxyl groups is 1. The third kappa shape index (κ3) is 3.71. The first-order valence-electron chi connectivity index (χ1n) is 5.57. The molecule has 1 unspecified atom stereocenters. The molecule has 0 radical (unpaired) electrons. The molecule has 0 spiro atoms. The van der Waals surface area contributed by atoms with E-state index in [1.165, 1.54) is 25.6 Å². The van der Waals surface area contributed by atoms with Gasteiger partial charge in [-0.1, -0.05) is 15.9 Å². The Morgan fingerprint density at radius 3 is 2.79 bits per heavy atom. The van der Waals surface area contributed by atoms with Crippen molar-refractivity contribution in [1.29, 1.82) is 0 Å². The van der Waals surface area contributed by atoms with Gasteiger partial charge >= 0.3 is 0 Å². The molecule has 0 amide bonds. The Kier molecular flexibility index (Phi) is 4.44. The molecule has 2 rings (SSSR count). The standard InChI is InChI=1S/C13H12BrFN2O2/c1-19-13-6-11(16-7-17-13)12(18)4-8-2-9(14)5-10(15)3-8/h2-3,5-7,12,18H,4H2,1H3. The number of halogens is 2. The average molecular weight is 327 g/mol. The van der Waals surface area contributed by atoms with Crippen LogP contribution in [0.3, 0.4) is 0 Å². The van der Waals surface area contributed by atoms with Gasteiger partial charge in [-0.3, -0.25) is 0 Å². The predicted molar refractivity (Wildman–Crippen MR) is 71.3 cm³/mol. The Morgan fingerprint density at radius 1 is 1.32 bits per heavy atom. The van der Waals surface area contributed by atoms with Crippen molar-refractivity contribution in [3.05, 3.63) is 52.1 Å². The number of hydrogen-bond donors (Lipinski definition) is 1. The van der Waals surface area contributed by atoms with Gasteiger partial charge in [-0.15, -0.1) is 0 Å². The minimum absolute atomic E-state index is 0.260. The van der Waals surface area contributed by atoms with Crippen LogP contribution >= 0.6 is 15.9 Å². The molecule has 0 aliphatic rings. The van der Waals surface area contributed by atoms with Gasteiger partial charge in [0.15, 0.2) is 0 Å². The summed E-state index contributed by atoms with van der Waals surface area (Å²) in [5, 5.41) is 10.1. The Hall–Kier alpha value is -1.53. The van der Waals surface area contributed by atoms with E-state index in [9.17, 15) is 9.50 Å². The van der Waals surface area contributed by atoms with Gasteiger partial charge in [0.25, 0.3) is 0 Å². The molecule has 1 aromatic carbocycles. The second-order valence-corrected chi connectivity index (χ2v) is 4.90. The molecule has 0 aliphatic carbocycles. The molecule has 19 heavy (non-hydrogen) atoms. The quantitative estimate of drug-likeness (QED) is 0.938. The first kappa shape index (κ1) is 13.9. The second kappa shape index (κ2) is 6.08. The van der Waals surface area contributed by atoms with E-state index in [4.69, 9.17) is 4.74 Å². The number of nitrogens with zero attached hydrogens (tertiary/aromatic N) is 2. The molecule has 0 bridgehead atoms. The van der Waals surface area contributed by atoms with Crippen LogP contribution < -0.4 is 4.74 Å². The van der Waals surface area contributed by atoms with Crippen molar-refractivity contribution in [1.82, 2.24) is 9.97 Å². The van der Waals surface area contributed by atoms with Crippen LogP contribution in [0.25, 0.3) is 0 Å². The van der Waals surface area contributed by atoms with Crippen LogP contribution in [0.15, 0.2) is 35.1 Å². The van der Waals surface area contributed by atoms with E-state index in [1.54, 1.807) is 12.1 Å². The monoisotopic (exact) mass is 326 g/mol. The highest BCUT2D eigenvalue weighted by Crippen LogP contribution is 2.22. The van der Waals surface area contributed by atoms with E-state index in [1.807, 2.05) is 0 Å². The Labute approximate surface area is 118 Å². The summed E-state index contributed by atoms with van der Waals surface area (Å²) in [6.07, 6.45) is 0.737. The molecule has 0 fully saturated rings. The number of aromatic nitrogens is 2.